The Bertz CT molecular complexity index is 1520. The molecule has 1 aromatic heterocycles. The highest BCUT2D eigenvalue weighted by molar-refractivity contribution is 5.96. The van der Waals surface area contributed by atoms with Gasteiger partial charge in [0.25, 0.3) is 5.91 Å². The van der Waals surface area contributed by atoms with E-state index in [4.69, 9.17) is 15.2 Å². The molecule has 0 radical (unpaired) electrons. The fourth-order valence-electron chi connectivity index (χ4n) is 4.52. The molecule has 0 aliphatic carbocycles. The number of ether oxygens (including phenoxy) is 2. The number of nitrogens with one attached hydrogen (secondary N) is 3. The van der Waals surface area contributed by atoms with Gasteiger partial charge in [0.2, 0.25) is 5.91 Å². The summed E-state index contributed by atoms with van der Waals surface area (Å²) in [7, 11) is 0. The summed E-state index contributed by atoms with van der Waals surface area (Å²) in [6.07, 6.45) is 1.61. The third kappa shape index (κ3) is 7.25. The molecule has 2 amide bonds. The second-order valence-corrected chi connectivity index (χ2v) is 9.75. The number of nitrogen functional groups attached to an aromatic ring is 1. The zero-order valence-corrected chi connectivity index (χ0v) is 23.9. The fourth-order valence-corrected chi connectivity index (χ4v) is 4.52. The van der Waals surface area contributed by atoms with Crippen LogP contribution in [0.15, 0.2) is 72.9 Å². The molecule has 0 saturated heterocycles. The van der Waals surface area contributed by atoms with Crippen molar-refractivity contribution in [2.45, 2.75) is 46.4 Å². The lowest BCUT2D eigenvalue weighted by atomic mass is 10.0. The van der Waals surface area contributed by atoms with Crippen molar-refractivity contribution in [3.05, 3.63) is 89.6 Å². The maximum Gasteiger partial charge on any atom is 0.251 e. The molecule has 0 fully saturated rings. The third-order valence-electron chi connectivity index (χ3n) is 6.38. The Balaban J connectivity index is 1.67. The summed E-state index contributed by atoms with van der Waals surface area (Å²) in [5.74, 6) is 1.15. The molecule has 0 aliphatic rings. The molecule has 5 N–H and O–H groups in total. The van der Waals surface area contributed by atoms with Gasteiger partial charge in [-0.05, 0) is 86.7 Å². The monoisotopic (exact) mass is 555 g/mol. The van der Waals surface area contributed by atoms with Gasteiger partial charge in [0.05, 0.1) is 12.7 Å². The Morgan fingerprint density at radius 1 is 0.951 bits per heavy atom. The lowest BCUT2D eigenvalue weighted by Crippen LogP contribution is -2.34. The van der Waals surface area contributed by atoms with Gasteiger partial charge in [-0.15, -0.1) is 0 Å². The molecule has 4 rings (SSSR count). The number of amides is 2. The minimum Gasteiger partial charge on any atom is -0.490 e. The Hall–Kier alpha value is -4.79. The molecule has 41 heavy (non-hydrogen) atoms. The van der Waals surface area contributed by atoms with Crippen molar-refractivity contribution in [2.24, 2.45) is 0 Å². The first-order chi connectivity index (χ1) is 19.8. The van der Waals surface area contributed by atoms with Gasteiger partial charge in [0.15, 0.2) is 11.5 Å². The van der Waals surface area contributed by atoms with E-state index in [2.05, 4.69) is 20.9 Å². The van der Waals surface area contributed by atoms with E-state index < -0.39 is 6.04 Å². The van der Waals surface area contributed by atoms with Gasteiger partial charge in [-0.25, -0.2) is 4.98 Å². The summed E-state index contributed by atoms with van der Waals surface area (Å²) in [5, 5.41) is 10.9. The van der Waals surface area contributed by atoms with Gasteiger partial charge >= 0.3 is 0 Å². The van der Waals surface area contributed by atoms with Crippen LogP contribution >= 0.6 is 0 Å². The van der Waals surface area contributed by atoms with Gasteiger partial charge in [0, 0.05) is 35.9 Å². The quantitative estimate of drug-likeness (QED) is 0.189. The second-order valence-electron chi connectivity index (χ2n) is 9.75. The topological polar surface area (TPSA) is 128 Å². The van der Waals surface area contributed by atoms with E-state index in [1.165, 1.54) is 0 Å². The number of carbonyl (C=O) groups is 2. The molecule has 214 valence electrons. The summed E-state index contributed by atoms with van der Waals surface area (Å²) in [5.41, 5.74) is 8.69. The normalized spacial score (nSPS) is 11.6. The predicted octanol–water partition coefficient (Wildman–Crippen LogP) is 5.22. The maximum absolute atomic E-state index is 13.8. The molecule has 1 atom stereocenters. The largest absolute Gasteiger partial charge is 0.490 e. The van der Waals surface area contributed by atoms with Gasteiger partial charge in [-0.1, -0.05) is 24.3 Å². The van der Waals surface area contributed by atoms with E-state index in [0.29, 0.717) is 41.6 Å². The molecule has 1 unspecified atom stereocenters. The lowest BCUT2D eigenvalue weighted by molar-refractivity contribution is -0.122. The number of hydrogen-bond donors (Lipinski definition) is 4. The van der Waals surface area contributed by atoms with Crippen molar-refractivity contribution in [1.82, 2.24) is 15.6 Å². The number of hydrogen-bond acceptors (Lipinski definition) is 7. The number of nitrogens with two attached hydrogens (primary N) is 1. The van der Waals surface area contributed by atoms with E-state index in [-0.39, 0.29) is 24.5 Å². The molecule has 3 aromatic carbocycles. The van der Waals surface area contributed by atoms with E-state index in [1.807, 2.05) is 82.3 Å². The summed E-state index contributed by atoms with van der Waals surface area (Å²) in [4.78, 5) is 30.5. The van der Waals surface area contributed by atoms with Crippen LogP contribution in [0.4, 0.5) is 11.5 Å². The van der Waals surface area contributed by atoms with Gasteiger partial charge in [-0.3, -0.25) is 9.59 Å². The van der Waals surface area contributed by atoms with Crippen LogP contribution in [-0.2, 0) is 11.3 Å². The Morgan fingerprint density at radius 2 is 1.76 bits per heavy atom. The molecule has 4 aromatic rings. The van der Waals surface area contributed by atoms with Crippen molar-refractivity contribution in [3.8, 4) is 11.5 Å². The standard InChI is InChI=1S/C32H37N5O4/c1-5-34-31(38)26-10-8-7-9-23(26)19-36-32(39)29(22-11-14-27(41-20(3)4)28(18-22)40-6-2)37-24-12-13-25-21(17-24)15-16-35-30(25)33/h7-18,20,29,37H,5-6,19H2,1-4H3,(H2,33,35)(H,34,38)(H,36,39). The van der Waals surface area contributed by atoms with Crippen molar-refractivity contribution in [3.63, 3.8) is 0 Å². The van der Waals surface area contributed by atoms with E-state index >= 15 is 0 Å². The van der Waals surface area contributed by atoms with Crippen molar-refractivity contribution >= 4 is 34.1 Å². The highest BCUT2D eigenvalue weighted by Crippen LogP contribution is 2.33. The van der Waals surface area contributed by atoms with Gasteiger partial charge < -0.3 is 31.2 Å². The molecular formula is C32H37N5O4. The van der Waals surface area contributed by atoms with E-state index in [0.717, 1.165) is 22.0 Å². The number of fused-ring (bicyclic) bond motifs is 1. The highest BCUT2D eigenvalue weighted by atomic mass is 16.5. The summed E-state index contributed by atoms with van der Waals surface area (Å²) >= 11 is 0. The molecule has 0 aliphatic heterocycles. The van der Waals surface area contributed by atoms with Crippen LogP contribution in [0.5, 0.6) is 11.5 Å². The molecule has 9 nitrogen and oxygen atoms in total. The minimum atomic E-state index is -0.782. The van der Waals surface area contributed by atoms with Crippen LogP contribution < -0.4 is 31.2 Å². The van der Waals surface area contributed by atoms with Crippen molar-refractivity contribution < 1.29 is 19.1 Å². The zero-order valence-electron chi connectivity index (χ0n) is 23.9. The maximum atomic E-state index is 13.8. The molecular weight excluding hydrogens is 518 g/mol. The molecule has 9 heteroatoms. The van der Waals surface area contributed by atoms with Crippen LogP contribution in [-0.4, -0.2) is 36.1 Å². The summed E-state index contributed by atoms with van der Waals surface area (Å²) in [6, 6.07) is 19.5. The lowest BCUT2D eigenvalue weighted by Gasteiger charge is -2.23. The van der Waals surface area contributed by atoms with Gasteiger partial charge in [0.1, 0.15) is 11.9 Å². The number of anilines is 2. The number of rotatable bonds is 12. The van der Waals surface area contributed by atoms with Crippen LogP contribution in [0.3, 0.4) is 0 Å². The summed E-state index contributed by atoms with van der Waals surface area (Å²) in [6.45, 7) is 8.79. The smallest absolute Gasteiger partial charge is 0.251 e. The van der Waals surface area contributed by atoms with E-state index in [9.17, 15) is 9.59 Å². The van der Waals surface area contributed by atoms with Crippen LogP contribution in [0, 0.1) is 0 Å². The Morgan fingerprint density at radius 3 is 2.51 bits per heavy atom. The Labute approximate surface area is 240 Å². The number of nitrogens with zero attached hydrogens (tertiary/aromatic N) is 1. The molecule has 1 heterocycles. The number of carbonyl (C=O) groups excluding carboxylic acids is 2. The SMILES string of the molecule is CCNC(=O)c1ccccc1CNC(=O)C(Nc1ccc2c(N)nccc2c1)c1ccc(OC(C)C)c(OCC)c1. The first kappa shape index (κ1) is 29.2. The van der Waals surface area contributed by atoms with E-state index in [1.54, 1.807) is 18.3 Å². The van der Waals surface area contributed by atoms with Crippen LogP contribution in [0.1, 0.15) is 55.2 Å². The van der Waals surface area contributed by atoms with Crippen molar-refractivity contribution in [1.29, 1.82) is 0 Å². The molecule has 0 saturated carbocycles. The first-order valence-corrected chi connectivity index (χ1v) is 13.8. The molecule has 0 spiro atoms. The predicted molar refractivity (Wildman–Crippen MR) is 162 cm³/mol. The summed E-state index contributed by atoms with van der Waals surface area (Å²) < 4.78 is 11.8. The Kier molecular flexibility index (Phi) is 9.63. The first-order valence-electron chi connectivity index (χ1n) is 13.8. The average Bonchev–Trinajstić information content (AvgIpc) is 2.96. The van der Waals surface area contributed by atoms with Gasteiger partial charge in [-0.2, -0.15) is 0 Å². The third-order valence-corrected chi connectivity index (χ3v) is 6.38. The highest BCUT2D eigenvalue weighted by Gasteiger charge is 2.23. The molecule has 0 bridgehead atoms. The number of aromatic nitrogens is 1. The minimum absolute atomic E-state index is 0.0400. The number of benzene rings is 3. The van der Waals surface area contributed by atoms with Crippen LogP contribution in [0.25, 0.3) is 10.8 Å². The second kappa shape index (κ2) is 13.5. The number of pyridine rings is 1. The fraction of sp³-hybridized carbons (Fsp3) is 0.281. The van der Waals surface area contributed by atoms with Crippen molar-refractivity contribution in [2.75, 3.05) is 24.2 Å². The van der Waals surface area contributed by atoms with Crippen LogP contribution in [0.2, 0.25) is 0 Å². The zero-order chi connectivity index (χ0) is 29.4. The average molecular weight is 556 g/mol.